The topological polar surface area (TPSA) is 40.2 Å². The molecule has 4 rings (SSSR count). The first-order chi connectivity index (χ1) is 15.7. The zero-order valence-electron chi connectivity index (χ0n) is 19.0. The van der Waals surface area contributed by atoms with Gasteiger partial charge in [0, 0.05) is 12.1 Å². The molecule has 3 aromatic carbocycles. The van der Waals surface area contributed by atoms with Crippen LogP contribution in [0.25, 0.3) is 0 Å². The van der Waals surface area contributed by atoms with Gasteiger partial charge in [0.05, 0.1) is 21.3 Å². The molecule has 0 spiro atoms. The number of piperidine rings is 1. The van der Waals surface area contributed by atoms with E-state index in [9.17, 15) is 0 Å². The fourth-order valence-electron chi connectivity index (χ4n) is 4.39. The second-order valence-corrected chi connectivity index (χ2v) is 8.03. The van der Waals surface area contributed by atoms with Crippen LogP contribution < -0.4 is 18.9 Å². The number of ether oxygens (including phenoxy) is 4. The zero-order valence-corrected chi connectivity index (χ0v) is 19.0. The Balaban J connectivity index is 1.35. The molecule has 1 heterocycles. The van der Waals surface area contributed by atoms with Gasteiger partial charge in [0.15, 0.2) is 11.5 Å². The Morgan fingerprint density at radius 1 is 0.719 bits per heavy atom. The molecule has 0 bridgehead atoms. The van der Waals surface area contributed by atoms with Gasteiger partial charge in [-0.2, -0.15) is 0 Å². The third kappa shape index (κ3) is 5.00. The minimum Gasteiger partial charge on any atom is -0.493 e. The largest absolute Gasteiger partial charge is 0.493 e. The molecule has 1 fully saturated rings. The maximum Gasteiger partial charge on any atom is 0.203 e. The van der Waals surface area contributed by atoms with Crippen LogP contribution in [0.4, 0.5) is 0 Å². The second-order valence-electron chi connectivity index (χ2n) is 8.03. The number of methoxy groups -OCH3 is 3. The summed E-state index contributed by atoms with van der Waals surface area (Å²) in [5.41, 5.74) is 2.50. The molecule has 0 unspecified atom stereocenters. The van der Waals surface area contributed by atoms with Gasteiger partial charge in [0.2, 0.25) is 5.75 Å². The standard InChI is InChI=1S/C27H31NO4/c1-29-25-14-11-22(26(30-2)27(25)31-3)19-28-17-15-21(16-18-28)20-9-12-24(13-10-20)32-23-7-5-4-6-8-23/h4-14,21H,15-19H2,1-3H3. The normalized spacial score (nSPS) is 14.7. The number of benzene rings is 3. The Morgan fingerprint density at radius 2 is 1.38 bits per heavy atom. The van der Waals surface area contributed by atoms with Crippen molar-refractivity contribution in [2.45, 2.75) is 25.3 Å². The Hall–Kier alpha value is -3.18. The lowest BCUT2D eigenvalue weighted by atomic mass is 9.89. The SMILES string of the molecule is COc1ccc(CN2CCC(c3ccc(Oc4ccccc4)cc3)CC2)c(OC)c1OC. The van der Waals surface area contributed by atoms with Gasteiger partial charge < -0.3 is 18.9 Å². The van der Waals surface area contributed by atoms with Crippen molar-refractivity contribution in [2.24, 2.45) is 0 Å². The zero-order chi connectivity index (χ0) is 22.3. The lowest BCUT2D eigenvalue weighted by Gasteiger charge is -2.32. The van der Waals surface area contributed by atoms with E-state index in [2.05, 4.69) is 35.2 Å². The lowest BCUT2D eigenvalue weighted by Crippen LogP contribution is -2.32. The molecule has 0 atom stereocenters. The van der Waals surface area contributed by atoms with Crippen molar-refractivity contribution >= 4 is 0 Å². The van der Waals surface area contributed by atoms with Crippen LogP contribution in [0.5, 0.6) is 28.7 Å². The van der Waals surface area contributed by atoms with Crippen molar-refractivity contribution in [3.05, 3.63) is 77.9 Å². The summed E-state index contributed by atoms with van der Waals surface area (Å²) in [5, 5.41) is 0. The summed E-state index contributed by atoms with van der Waals surface area (Å²) in [5.74, 6) is 4.40. The Labute approximate surface area is 190 Å². The highest BCUT2D eigenvalue weighted by atomic mass is 16.5. The van der Waals surface area contributed by atoms with Crippen molar-refractivity contribution < 1.29 is 18.9 Å². The summed E-state index contributed by atoms with van der Waals surface area (Å²) in [6.45, 7) is 2.93. The van der Waals surface area contributed by atoms with E-state index in [1.165, 1.54) is 5.56 Å². The summed E-state index contributed by atoms with van der Waals surface area (Å²) in [7, 11) is 4.96. The molecule has 5 heteroatoms. The van der Waals surface area contributed by atoms with Gasteiger partial charge in [-0.25, -0.2) is 0 Å². The van der Waals surface area contributed by atoms with E-state index in [0.717, 1.165) is 55.3 Å². The number of hydrogen-bond donors (Lipinski definition) is 0. The maximum atomic E-state index is 5.92. The first-order valence-electron chi connectivity index (χ1n) is 11.0. The van der Waals surface area contributed by atoms with Crippen LogP contribution in [0.15, 0.2) is 66.7 Å². The second kappa shape index (κ2) is 10.4. The molecular formula is C27H31NO4. The molecule has 32 heavy (non-hydrogen) atoms. The van der Waals surface area contributed by atoms with Crippen molar-refractivity contribution in [1.29, 1.82) is 0 Å². The first-order valence-corrected chi connectivity index (χ1v) is 11.0. The van der Waals surface area contributed by atoms with Crippen molar-refractivity contribution in [2.75, 3.05) is 34.4 Å². The van der Waals surface area contributed by atoms with E-state index in [-0.39, 0.29) is 0 Å². The fraction of sp³-hybridized carbons (Fsp3) is 0.333. The molecule has 0 saturated carbocycles. The lowest BCUT2D eigenvalue weighted by molar-refractivity contribution is 0.201. The minimum atomic E-state index is 0.573. The van der Waals surface area contributed by atoms with Crippen LogP contribution in [0.1, 0.15) is 29.9 Å². The summed E-state index contributed by atoms with van der Waals surface area (Å²) in [6, 6.07) is 22.5. The van der Waals surface area contributed by atoms with E-state index in [0.29, 0.717) is 17.4 Å². The van der Waals surface area contributed by atoms with Gasteiger partial charge >= 0.3 is 0 Å². The van der Waals surface area contributed by atoms with E-state index in [4.69, 9.17) is 18.9 Å². The van der Waals surface area contributed by atoms with Gasteiger partial charge in [-0.15, -0.1) is 0 Å². The molecule has 0 amide bonds. The van der Waals surface area contributed by atoms with Gasteiger partial charge in [-0.3, -0.25) is 4.90 Å². The Bertz CT molecular complexity index is 996. The van der Waals surface area contributed by atoms with E-state index in [1.807, 2.05) is 36.4 Å². The molecule has 0 radical (unpaired) electrons. The molecule has 1 saturated heterocycles. The smallest absolute Gasteiger partial charge is 0.203 e. The molecule has 5 nitrogen and oxygen atoms in total. The third-order valence-electron chi connectivity index (χ3n) is 6.10. The monoisotopic (exact) mass is 433 g/mol. The Morgan fingerprint density at radius 3 is 2.00 bits per heavy atom. The molecular weight excluding hydrogens is 402 g/mol. The minimum absolute atomic E-state index is 0.573. The summed E-state index contributed by atoms with van der Waals surface area (Å²) >= 11 is 0. The predicted molar refractivity (Wildman–Crippen MR) is 126 cm³/mol. The van der Waals surface area contributed by atoms with E-state index in [1.54, 1.807) is 21.3 Å². The quantitative estimate of drug-likeness (QED) is 0.443. The van der Waals surface area contributed by atoms with Gasteiger partial charge in [0.1, 0.15) is 11.5 Å². The van der Waals surface area contributed by atoms with Gasteiger partial charge in [-0.1, -0.05) is 36.4 Å². The Kier molecular flexibility index (Phi) is 7.17. The number of likely N-dealkylation sites (tertiary alicyclic amines) is 1. The molecule has 0 aromatic heterocycles. The highest BCUT2D eigenvalue weighted by Gasteiger charge is 2.23. The molecule has 0 aliphatic carbocycles. The number of para-hydroxylation sites is 1. The maximum absolute atomic E-state index is 5.92. The van der Waals surface area contributed by atoms with Crippen molar-refractivity contribution in [3.63, 3.8) is 0 Å². The van der Waals surface area contributed by atoms with Crippen LogP contribution in [0.3, 0.4) is 0 Å². The number of hydrogen-bond acceptors (Lipinski definition) is 5. The highest BCUT2D eigenvalue weighted by molar-refractivity contribution is 5.55. The van der Waals surface area contributed by atoms with Crippen molar-refractivity contribution in [3.8, 4) is 28.7 Å². The van der Waals surface area contributed by atoms with Crippen molar-refractivity contribution in [1.82, 2.24) is 4.90 Å². The molecule has 0 N–H and O–H groups in total. The molecule has 168 valence electrons. The van der Waals surface area contributed by atoms with Crippen LogP contribution in [-0.4, -0.2) is 39.3 Å². The fourth-order valence-corrected chi connectivity index (χ4v) is 4.39. The summed E-state index contributed by atoms with van der Waals surface area (Å²) in [6.07, 6.45) is 2.27. The predicted octanol–water partition coefficient (Wildman–Crippen LogP) is 5.88. The summed E-state index contributed by atoms with van der Waals surface area (Å²) < 4.78 is 22.5. The summed E-state index contributed by atoms with van der Waals surface area (Å²) in [4.78, 5) is 2.48. The number of nitrogens with zero attached hydrogens (tertiary/aromatic N) is 1. The average molecular weight is 434 g/mol. The third-order valence-corrected chi connectivity index (χ3v) is 6.10. The molecule has 3 aromatic rings. The van der Waals surface area contributed by atoms with Crippen LogP contribution in [-0.2, 0) is 6.54 Å². The van der Waals surface area contributed by atoms with E-state index >= 15 is 0 Å². The molecule has 1 aliphatic heterocycles. The van der Waals surface area contributed by atoms with E-state index < -0.39 is 0 Å². The van der Waals surface area contributed by atoms with Gasteiger partial charge in [-0.05, 0) is 67.7 Å². The van der Waals surface area contributed by atoms with Crippen LogP contribution in [0, 0.1) is 0 Å². The highest BCUT2D eigenvalue weighted by Crippen LogP contribution is 2.40. The average Bonchev–Trinajstić information content (AvgIpc) is 2.85. The van der Waals surface area contributed by atoms with Crippen LogP contribution in [0.2, 0.25) is 0 Å². The first kappa shape index (κ1) is 22.0. The molecule has 1 aliphatic rings. The number of rotatable bonds is 8. The van der Waals surface area contributed by atoms with Crippen LogP contribution >= 0.6 is 0 Å². The van der Waals surface area contributed by atoms with Gasteiger partial charge in [0.25, 0.3) is 0 Å².